The molecule has 2 heterocycles. The average molecular weight is 508 g/mol. The van der Waals surface area contributed by atoms with Crippen LogP contribution in [0.3, 0.4) is 0 Å². The van der Waals surface area contributed by atoms with Gasteiger partial charge < -0.3 is 0 Å². The van der Waals surface area contributed by atoms with Gasteiger partial charge in [0.2, 0.25) is 5.13 Å². The summed E-state index contributed by atoms with van der Waals surface area (Å²) >= 11 is 2.07. The predicted octanol–water partition coefficient (Wildman–Crippen LogP) is 5.36. The molecule has 10 heteroatoms. The number of nitrogens with one attached hydrogen (secondary N) is 2. The maximum Gasteiger partial charge on any atom is 0.257 e. The third-order valence-corrected chi connectivity index (χ3v) is 6.63. The molecule has 0 aliphatic heterocycles. The average Bonchev–Trinajstić information content (AvgIpc) is 3.38. The van der Waals surface area contributed by atoms with Gasteiger partial charge in [0.05, 0.1) is 11.3 Å². The van der Waals surface area contributed by atoms with Gasteiger partial charge in [-0.05, 0) is 29.8 Å². The van der Waals surface area contributed by atoms with E-state index in [1.54, 1.807) is 24.3 Å². The highest BCUT2D eigenvalue weighted by Gasteiger charge is 2.23. The third kappa shape index (κ3) is 4.65. The lowest BCUT2D eigenvalue weighted by Crippen LogP contribution is -2.25. The van der Waals surface area contributed by atoms with E-state index in [-0.39, 0.29) is 11.4 Å². The van der Waals surface area contributed by atoms with E-state index < -0.39 is 0 Å². The fraction of sp³-hybridized carbons (Fsp3) is 0. The molecular weight excluding hydrogens is 490 g/mol. The molecule has 8 nitrogen and oxygen atoms in total. The van der Waals surface area contributed by atoms with Crippen molar-refractivity contribution >= 4 is 34.1 Å². The number of hydrogen-bond acceptors (Lipinski definition) is 8. The van der Waals surface area contributed by atoms with Gasteiger partial charge in [-0.2, -0.15) is 10.4 Å². The summed E-state index contributed by atoms with van der Waals surface area (Å²) in [5.41, 5.74) is 3.12. The van der Waals surface area contributed by atoms with Crippen LogP contribution in [-0.2, 0) is 0 Å². The number of hydrogen-bond donors (Lipinski definition) is 2. The van der Waals surface area contributed by atoms with Crippen molar-refractivity contribution in [3.05, 3.63) is 102 Å². The van der Waals surface area contributed by atoms with Crippen LogP contribution >= 0.6 is 23.1 Å². The molecular formula is C26H17N7OS2. The Balaban J connectivity index is 1.68. The summed E-state index contributed by atoms with van der Waals surface area (Å²) in [5.74, 6) is -0.303. The number of rotatable bonds is 6. The lowest BCUT2D eigenvalue weighted by molar-refractivity contribution is 0.102. The molecule has 2 N–H and O–H groups in total. The van der Waals surface area contributed by atoms with Crippen molar-refractivity contribution in [2.45, 2.75) is 5.03 Å². The van der Waals surface area contributed by atoms with Crippen molar-refractivity contribution in [3.8, 4) is 32.8 Å². The number of carbonyl (C=O) groups excluding carboxylic acids is 1. The molecule has 5 rings (SSSR count). The highest BCUT2D eigenvalue weighted by Crippen LogP contribution is 2.38. The fourth-order valence-corrected chi connectivity index (χ4v) is 4.93. The number of thioether (sulfide) groups is 1. The van der Waals surface area contributed by atoms with Crippen LogP contribution in [0.5, 0.6) is 0 Å². The molecule has 174 valence electrons. The molecule has 0 fully saturated rings. The largest absolute Gasteiger partial charge is 0.296 e. The van der Waals surface area contributed by atoms with Crippen LogP contribution in [-0.4, -0.2) is 25.9 Å². The van der Waals surface area contributed by atoms with Gasteiger partial charge in [0.25, 0.3) is 5.91 Å². The van der Waals surface area contributed by atoms with Crippen LogP contribution in [0.25, 0.3) is 27.4 Å². The SMILES string of the molecule is N#CSc1nn(-c2ccccc2)c(=N)c(-c2nnc(NC(=O)c3ccccc3)s2)c1-c1ccccc1. The van der Waals surface area contributed by atoms with Gasteiger partial charge in [0, 0.05) is 22.9 Å². The van der Waals surface area contributed by atoms with E-state index >= 15 is 0 Å². The first kappa shape index (κ1) is 23.2. The maximum atomic E-state index is 12.6. The first-order chi connectivity index (χ1) is 17.7. The van der Waals surface area contributed by atoms with Gasteiger partial charge in [0.1, 0.15) is 10.4 Å². The number of nitrogens with zero attached hydrogens (tertiary/aromatic N) is 5. The molecule has 3 aromatic carbocycles. The summed E-state index contributed by atoms with van der Waals surface area (Å²) in [6.45, 7) is 0. The molecule has 0 aliphatic carbocycles. The second-order valence-electron chi connectivity index (χ2n) is 7.44. The van der Waals surface area contributed by atoms with Crippen molar-refractivity contribution in [1.82, 2.24) is 20.0 Å². The van der Waals surface area contributed by atoms with Crippen molar-refractivity contribution in [2.24, 2.45) is 0 Å². The Bertz CT molecular complexity index is 1630. The van der Waals surface area contributed by atoms with E-state index in [1.807, 2.05) is 66.7 Å². The van der Waals surface area contributed by atoms with E-state index in [1.165, 1.54) is 4.68 Å². The summed E-state index contributed by atoms with van der Waals surface area (Å²) in [7, 11) is 0. The number of thiocyanates is 1. The molecule has 0 aliphatic rings. The number of benzene rings is 3. The second kappa shape index (κ2) is 10.4. The predicted molar refractivity (Wildman–Crippen MR) is 140 cm³/mol. The van der Waals surface area contributed by atoms with E-state index in [9.17, 15) is 10.1 Å². The van der Waals surface area contributed by atoms with Gasteiger partial charge in [-0.25, -0.2) is 4.68 Å². The first-order valence-corrected chi connectivity index (χ1v) is 12.4. The molecule has 0 radical (unpaired) electrons. The standard InChI is InChI=1S/C26H17N7OS2/c27-16-35-25-20(17-10-4-1-5-11-17)21(22(28)33(32-25)19-14-8-3-9-15-19)24-30-31-26(36-24)29-23(34)18-12-6-2-7-13-18/h1-15,28H,(H,29,31,34). The number of nitriles is 1. The monoisotopic (exact) mass is 507 g/mol. The molecule has 2 aromatic heterocycles. The number of carbonyl (C=O) groups is 1. The van der Waals surface area contributed by atoms with Gasteiger partial charge in [-0.3, -0.25) is 15.5 Å². The zero-order chi connectivity index (χ0) is 24.9. The number of amides is 1. The quantitative estimate of drug-likeness (QED) is 0.236. The molecule has 5 aromatic rings. The van der Waals surface area contributed by atoms with Crippen LogP contribution < -0.4 is 10.8 Å². The van der Waals surface area contributed by atoms with Crippen LogP contribution in [0.4, 0.5) is 5.13 Å². The highest BCUT2D eigenvalue weighted by atomic mass is 32.2. The van der Waals surface area contributed by atoms with Crippen LogP contribution in [0.15, 0.2) is 96.0 Å². The van der Waals surface area contributed by atoms with E-state index in [0.717, 1.165) is 28.7 Å². The topological polar surface area (TPSA) is 120 Å². The van der Waals surface area contributed by atoms with Gasteiger partial charge in [-0.15, -0.1) is 10.2 Å². The zero-order valence-electron chi connectivity index (χ0n) is 18.6. The summed E-state index contributed by atoms with van der Waals surface area (Å²) in [6.07, 6.45) is 0. The number of anilines is 1. The third-order valence-electron chi connectivity index (χ3n) is 5.20. The number of para-hydroxylation sites is 1. The molecule has 36 heavy (non-hydrogen) atoms. The molecule has 0 saturated heterocycles. The summed E-state index contributed by atoms with van der Waals surface area (Å²) < 4.78 is 1.48. The smallest absolute Gasteiger partial charge is 0.257 e. The van der Waals surface area contributed by atoms with Gasteiger partial charge in [0.15, 0.2) is 10.5 Å². The lowest BCUT2D eigenvalue weighted by Gasteiger charge is -2.15. The molecule has 0 spiro atoms. The van der Waals surface area contributed by atoms with E-state index in [0.29, 0.717) is 37.5 Å². The molecule has 1 amide bonds. The molecule has 0 unspecified atom stereocenters. The van der Waals surface area contributed by atoms with E-state index in [4.69, 9.17) is 5.41 Å². The highest BCUT2D eigenvalue weighted by molar-refractivity contribution is 8.03. The zero-order valence-corrected chi connectivity index (χ0v) is 20.3. The minimum absolute atomic E-state index is 0.0828. The molecule has 0 saturated carbocycles. The van der Waals surface area contributed by atoms with Crippen molar-refractivity contribution in [1.29, 1.82) is 10.7 Å². The Morgan fingerprint density at radius 3 is 2.22 bits per heavy atom. The van der Waals surface area contributed by atoms with Crippen molar-refractivity contribution in [2.75, 3.05) is 5.32 Å². The van der Waals surface area contributed by atoms with Crippen molar-refractivity contribution in [3.63, 3.8) is 0 Å². The summed E-state index contributed by atoms with van der Waals surface area (Å²) in [6, 6.07) is 27.5. The second-order valence-corrected chi connectivity index (χ2v) is 9.19. The fourth-order valence-electron chi connectivity index (χ4n) is 3.61. The maximum absolute atomic E-state index is 12.6. The lowest BCUT2D eigenvalue weighted by atomic mass is 10.0. The minimum atomic E-state index is -0.303. The Labute approximate surface area is 214 Å². The Hall–Kier alpha value is -4.59. The minimum Gasteiger partial charge on any atom is -0.296 e. The summed E-state index contributed by atoms with van der Waals surface area (Å²) in [5, 5.41) is 37.8. The van der Waals surface area contributed by atoms with E-state index in [2.05, 4.69) is 26.0 Å². The Kier molecular flexibility index (Phi) is 6.66. The van der Waals surface area contributed by atoms with Gasteiger partial charge >= 0.3 is 0 Å². The van der Waals surface area contributed by atoms with Crippen LogP contribution in [0, 0.1) is 16.1 Å². The molecule has 0 atom stereocenters. The molecule has 0 bridgehead atoms. The van der Waals surface area contributed by atoms with Crippen LogP contribution in [0.1, 0.15) is 10.4 Å². The summed E-state index contributed by atoms with van der Waals surface area (Å²) in [4.78, 5) is 12.6. The normalized spacial score (nSPS) is 10.5. The van der Waals surface area contributed by atoms with Crippen molar-refractivity contribution < 1.29 is 4.79 Å². The Morgan fingerprint density at radius 1 is 0.917 bits per heavy atom. The first-order valence-electron chi connectivity index (χ1n) is 10.7. The Morgan fingerprint density at radius 2 is 1.56 bits per heavy atom. The van der Waals surface area contributed by atoms with Crippen LogP contribution in [0.2, 0.25) is 0 Å². The number of aromatic nitrogens is 4. The van der Waals surface area contributed by atoms with Gasteiger partial charge in [-0.1, -0.05) is 78.1 Å².